The first-order valence-corrected chi connectivity index (χ1v) is 8.33. The first kappa shape index (κ1) is 17.9. The number of carbonyl (C=O) groups excluding carboxylic acids is 2. The summed E-state index contributed by atoms with van der Waals surface area (Å²) >= 11 is 0. The molecular weight excluding hydrogens is 310 g/mol. The number of carbonyl (C=O) groups is 2. The van der Waals surface area contributed by atoms with Gasteiger partial charge in [0.25, 0.3) is 0 Å². The molecule has 1 aliphatic heterocycles. The average molecular weight is 335 g/mol. The maximum absolute atomic E-state index is 11.9. The SMILES string of the molecule is CCOC(=O)N1CCC(NC(=O)NCCOc2ccccc2)CC1. The van der Waals surface area contributed by atoms with Crippen LogP contribution in [-0.4, -0.2) is 55.9 Å². The summed E-state index contributed by atoms with van der Waals surface area (Å²) in [4.78, 5) is 25.1. The number of ether oxygens (including phenoxy) is 2. The van der Waals surface area contributed by atoms with Gasteiger partial charge >= 0.3 is 12.1 Å². The highest BCUT2D eigenvalue weighted by Gasteiger charge is 2.24. The molecule has 7 nitrogen and oxygen atoms in total. The number of rotatable bonds is 6. The monoisotopic (exact) mass is 335 g/mol. The zero-order valence-electron chi connectivity index (χ0n) is 14.0. The third kappa shape index (κ3) is 5.98. The van der Waals surface area contributed by atoms with Gasteiger partial charge in [-0.2, -0.15) is 0 Å². The lowest BCUT2D eigenvalue weighted by atomic mass is 10.1. The molecule has 0 bridgehead atoms. The van der Waals surface area contributed by atoms with E-state index in [1.165, 1.54) is 0 Å². The van der Waals surface area contributed by atoms with Crippen LogP contribution in [0.15, 0.2) is 30.3 Å². The average Bonchev–Trinajstić information content (AvgIpc) is 2.60. The van der Waals surface area contributed by atoms with Gasteiger partial charge in [-0.1, -0.05) is 18.2 Å². The van der Waals surface area contributed by atoms with Crippen LogP contribution in [0.5, 0.6) is 5.75 Å². The molecule has 132 valence electrons. The van der Waals surface area contributed by atoms with Crippen LogP contribution in [-0.2, 0) is 4.74 Å². The van der Waals surface area contributed by atoms with Crippen LogP contribution >= 0.6 is 0 Å². The summed E-state index contributed by atoms with van der Waals surface area (Å²) in [6.45, 7) is 4.21. The molecule has 0 saturated carbocycles. The Morgan fingerprint density at radius 1 is 1.21 bits per heavy atom. The van der Waals surface area contributed by atoms with Crippen LogP contribution in [0.4, 0.5) is 9.59 Å². The lowest BCUT2D eigenvalue weighted by Gasteiger charge is -2.31. The topological polar surface area (TPSA) is 79.9 Å². The first-order valence-electron chi connectivity index (χ1n) is 8.33. The third-order valence-electron chi connectivity index (χ3n) is 3.76. The van der Waals surface area contributed by atoms with E-state index in [0.29, 0.717) is 32.8 Å². The second-order valence-corrected chi connectivity index (χ2v) is 5.52. The number of nitrogens with one attached hydrogen (secondary N) is 2. The van der Waals surface area contributed by atoms with Gasteiger partial charge in [0.05, 0.1) is 13.2 Å². The van der Waals surface area contributed by atoms with Crippen molar-refractivity contribution in [2.45, 2.75) is 25.8 Å². The van der Waals surface area contributed by atoms with Gasteiger partial charge in [0, 0.05) is 19.1 Å². The summed E-state index contributed by atoms with van der Waals surface area (Å²) < 4.78 is 10.5. The van der Waals surface area contributed by atoms with E-state index < -0.39 is 0 Å². The fourth-order valence-electron chi connectivity index (χ4n) is 2.51. The number of para-hydroxylation sites is 1. The number of hydrogen-bond donors (Lipinski definition) is 2. The van der Waals surface area contributed by atoms with Crippen molar-refractivity contribution in [2.24, 2.45) is 0 Å². The molecule has 0 unspecified atom stereocenters. The Kier molecular flexibility index (Phi) is 7.20. The van der Waals surface area contributed by atoms with E-state index in [-0.39, 0.29) is 18.2 Å². The van der Waals surface area contributed by atoms with Crippen molar-refractivity contribution < 1.29 is 19.1 Å². The molecule has 24 heavy (non-hydrogen) atoms. The minimum atomic E-state index is -0.279. The van der Waals surface area contributed by atoms with E-state index in [1.54, 1.807) is 11.8 Å². The Morgan fingerprint density at radius 3 is 2.58 bits per heavy atom. The minimum Gasteiger partial charge on any atom is -0.492 e. The van der Waals surface area contributed by atoms with E-state index >= 15 is 0 Å². The third-order valence-corrected chi connectivity index (χ3v) is 3.76. The summed E-state index contributed by atoms with van der Waals surface area (Å²) in [5.41, 5.74) is 0. The van der Waals surface area contributed by atoms with Gasteiger partial charge in [0.1, 0.15) is 12.4 Å². The Bertz CT molecular complexity index is 516. The van der Waals surface area contributed by atoms with E-state index in [0.717, 1.165) is 18.6 Å². The van der Waals surface area contributed by atoms with Crippen LogP contribution in [0, 0.1) is 0 Å². The molecule has 1 aliphatic rings. The molecule has 1 saturated heterocycles. The second-order valence-electron chi connectivity index (χ2n) is 5.52. The summed E-state index contributed by atoms with van der Waals surface area (Å²) in [5.74, 6) is 0.783. The highest BCUT2D eigenvalue weighted by molar-refractivity contribution is 5.74. The van der Waals surface area contributed by atoms with Crippen molar-refractivity contribution in [3.63, 3.8) is 0 Å². The maximum atomic E-state index is 11.9. The van der Waals surface area contributed by atoms with Crippen molar-refractivity contribution >= 4 is 12.1 Å². The van der Waals surface area contributed by atoms with Crippen molar-refractivity contribution in [2.75, 3.05) is 32.8 Å². The highest BCUT2D eigenvalue weighted by atomic mass is 16.6. The molecule has 7 heteroatoms. The van der Waals surface area contributed by atoms with Gasteiger partial charge in [-0.15, -0.1) is 0 Å². The van der Waals surface area contributed by atoms with Gasteiger partial charge in [-0.25, -0.2) is 9.59 Å². The predicted molar refractivity (Wildman–Crippen MR) is 90.1 cm³/mol. The molecule has 0 radical (unpaired) electrons. The second kappa shape index (κ2) is 9.64. The number of likely N-dealkylation sites (tertiary alicyclic amines) is 1. The number of piperidine rings is 1. The van der Waals surface area contributed by atoms with Crippen LogP contribution in [0.1, 0.15) is 19.8 Å². The van der Waals surface area contributed by atoms with Crippen molar-refractivity contribution in [1.29, 1.82) is 0 Å². The van der Waals surface area contributed by atoms with Gasteiger partial charge in [0.15, 0.2) is 0 Å². The molecule has 2 N–H and O–H groups in total. The van der Waals surface area contributed by atoms with Crippen LogP contribution in [0.25, 0.3) is 0 Å². The van der Waals surface area contributed by atoms with Gasteiger partial charge in [0.2, 0.25) is 0 Å². The lowest BCUT2D eigenvalue weighted by Crippen LogP contribution is -2.49. The number of nitrogens with zero attached hydrogens (tertiary/aromatic N) is 1. The fourth-order valence-corrected chi connectivity index (χ4v) is 2.51. The van der Waals surface area contributed by atoms with Crippen LogP contribution in [0.3, 0.4) is 0 Å². The van der Waals surface area contributed by atoms with Crippen LogP contribution in [0.2, 0.25) is 0 Å². The van der Waals surface area contributed by atoms with E-state index in [9.17, 15) is 9.59 Å². The van der Waals surface area contributed by atoms with Gasteiger partial charge < -0.3 is 25.0 Å². The zero-order chi connectivity index (χ0) is 17.2. The molecule has 1 heterocycles. The molecule has 0 aromatic heterocycles. The van der Waals surface area contributed by atoms with Gasteiger partial charge in [-0.05, 0) is 31.9 Å². The summed E-state index contributed by atoms with van der Waals surface area (Å²) in [7, 11) is 0. The smallest absolute Gasteiger partial charge is 0.409 e. The Morgan fingerprint density at radius 2 is 1.92 bits per heavy atom. The van der Waals surface area contributed by atoms with Crippen molar-refractivity contribution in [3.05, 3.63) is 30.3 Å². The minimum absolute atomic E-state index is 0.0747. The van der Waals surface area contributed by atoms with Crippen LogP contribution < -0.4 is 15.4 Å². The zero-order valence-corrected chi connectivity index (χ0v) is 14.0. The maximum Gasteiger partial charge on any atom is 0.409 e. The summed E-state index contributed by atoms with van der Waals surface area (Å²) in [5, 5.41) is 5.70. The molecule has 1 aromatic rings. The Balaban J connectivity index is 1.57. The number of amides is 3. The molecular formula is C17H25N3O4. The standard InChI is InChI=1S/C17H25N3O4/c1-2-23-17(22)20-11-8-14(9-12-20)19-16(21)18-10-13-24-15-6-4-3-5-7-15/h3-7,14H,2,8-13H2,1H3,(H2,18,19,21). The fraction of sp³-hybridized carbons (Fsp3) is 0.529. The first-order chi connectivity index (χ1) is 11.7. The van der Waals surface area contributed by atoms with Crippen molar-refractivity contribution in [3.8, 4) is 5.75 Å². The predicted octanol–water partition coefficient (Wildman–Crippen LogP) is 1.99. The summed E-state index contributed by atoms with van der Waals surface area (Å²) in [6.07, 6.45) is 1.18. The molecule has 1 aromatic carbocycles. The normalized spacial score (nSPS) is 14.8. The number of urea groups is 1. The quantitative estimate of drug-likeness (QED) is 0.779. The van der Waals surface area contributed by atoms with E-state index in [4.69, 9.17) is 9.47 Å². The van der Waals surface area contributed by atoms with E-state index in [2.05, 4.69) is 10.6 Å². The Labute approximate surface area is 142 Å². The summed E-state index contributed by atoms with van der Waals surface area (Å²) in [6, 6.07) is 9.34. The Hall–Kier alpha value is -2.44. The lowest BCUT2D eigenvalue weighted by molar-refractivity contribution is 0.0957. The number of benzene rings is 1. The largest absolute Gasteiger partial charge is 0.492 e. The van der Waals surface area contributed by atoms with Crippen molar-refractivity contribution in [1.82, 2.24) is 15.5 Å². The highest BCUT2D eigenvalue weighted by Crippen LogP contribution is 2.11. The molecule has 0 aliphatic carbocycles. The van der Waals surface area contributed by atoms with E-state index in [1.807, 2.05) is 30.3 Å². The molecule has 0 atom stereocenters. The molecule has 2 rings (SSSR count). The molecule has 0 spiro atoms. The molecule has 3 amide bonds. The number of hydrogen-bond acceptors (Lipinski definition) is 4. The molecule has 1 fully saturated rings. The van der Waals surface area contributed by atoms with Gasteiger partial charge in [-0.3, -0.25) is 0 Å².